The standard InChI is InChI=1S/C62H117NO10/c1-4-7-10-13-16-19-22-25-27-28-29-32-35-38-41-44-47-50-57(67)73-60-59(69)58(68)56(51-64)72-62(60)71-52-53(54(65)48-45-42-39-36-33-30-24-21-18-15-12-9-6-3)63-61(70)55(66)49-46-43-40-37-34-31-26-23-20-17-14-11-8-5-2/h25,27,45,48,53-56,58-60,62,64-66,68-69H,4-24,26,28-44,46-47,49-52H2,1-3H3,(H,63,70)/b27-25+,48-45+. The van der Waals surface area contributed by atoms with Gasteiger partial charge in [-0.15, -0.1) is 0 Å². The van der Waals surface area contributed by atoms with Crippen LogP contribution in [-0.2, 0) is 23.8 Å². The van der Waals surface area contributed by atoms with Crippen molar-refractivity contribution in [1.29, 1.82) is 0 Å². The van der Waals surface area contributed by atoms with E-state index >= 15 is 0 Å². The average Bonchev–Trinajstić information content (AvgIpc) is 3.39. The second-order valence-electron chi connectivity index (χ2n) is 21.8. The normalized spacial score (nSPS) is 19.5. The molecule has 0 aliphatic carbocycles. The molecule has 0 radical (unpaired) electrons. The Kier molecular flexibility index (Phi) is 48.2. The fourth-order valence-corrected chi connectivity index (χ4v) is 9.88. The van der Waals surface area contributed by atoms with Crippen LogP contribution < -0.4 is 5.32 Å². The van der Waals surface area contributed by atoms with Crippen molar-refractivity contribution in [1.82, 2.24) is 5.32 Å². The monoisotopic (exact) mass is 1040 g/mol. The Labute approximate surface area is 448 Å². The molecule has 0 aromatic heterocycles. The highest BCUT2D eigenvalue weighted by Crippen LogP contribution is 2.26. The molecule has 1 saturated heterocycles. The van der Waals surface area contributed by atoms with Crippen molar-refractivity contribution in [2.24, 2.45) is 0 Å². The summed E-state index contributed by atoms with van der Waals surface area (Å²) in [6.07, 6.45) is 47.8. The molecule has 11 nitrogen and oxygen atoms in total. The third-order valence-electron chi connectivity index (χ3n) is 14.9. The van der Waals surface area contributed by atoms with Gasteiger partial charge >= 0.3 is 5.97 Å². The van der Waals surface area contributed by atoms with E-state index in [1.54, 1.807) is 6.08 Å². The Bertz CT molecular complexity index is 1280. The van der Waals surface area contributed by atoms with Crippen LogP contribution in [0.25, 0.3) is 0 Å². The lowest BCUT2D eigenvalue weighted by atomic mass is 9.99. The fourth-order valence-electron chi connectivity index (χ4n) is 9.88. The van der Waals surface area contributed by atoms with E-state index < -0.39 is 67.4 Å². The number of aliphatic hydroxyl groups excluding tert-OH is 5. The van der Waals surface area contributed by atoms with Crippen LogP contribution in [0.15, 0.2) is 24.3 Å². The zero-order valence-corrected chi connectivity index (χ0v) is 47.5. The highest BCUT2D eigenvalue weighted by atomic mass is 16.7. The van der Waals surface area contributed by atoms with E-state index in [4.69, 9.17) is 14.2 Å². The van der Waals surface area contributed by atoms with E-state index in [2.05, 4.69) is 38.2 Å². The minimum atomic E-state index is -1.61. The Balaban J connectivity index is 2.69. The molecule has 1 amide bonds. The lowest BCUT2D eigenvalue weighted by Gasteiger charge is -2.41. The smallest absolute Gasteiger partial charge is 0.306 e. The molecule has 1 aliphatic heterocycles. The van der Waals surface area contributed by atoms with Crippen molar-refractivity contribution in [3.63, 3.8) is 0 Å². The topological polar surface area (TPSA) is 175 Å². The van der Waals surface area contributed by atoms with E-state index in [1.165, 1.54) is 180 Å². The van der Waals surface area contributed by atoms with Crippen LogP contribution in [0.2, 0.25) is 0 Å². The maximum absolute atomic E-state index is 13.4. The Morgan fingerprint density at radius 3 is 1.33 bits per heavy atom. The van der Waals surface area contributed by atoms with Gasteiger partial charge in [-0.3, -0.25) is 9.59 Å². The summed E-state index contributed by atoms with van der Waals surface area (Å²) < 4.78 is 17.6. The number of nitrogens with one attached hydrogen (secondary N) is 1. The minimum Gasteiger partial charge on any atom is -0.454 e. The van der Waals surface area contributed by atoms with Crippen molar-refractivity contribution in [3.8, 4) is 0 Å². The molecule has 8 atom stereocenters. The third kappa shape index (κ3) is 39.2. The second-order valence-corrected chi connectivity index (χ2v) is 21.8. The largest absolute Gasteiger partial charge is 0.454 e. The van der Waals surface area contributed by atoms with E-state index in [1.807, 2.05) is 6.08 Å². The van der Waals surface area contributed by atoms with Gasteiger partial charge in [0.25, 0.3) is 0 Å². The molecule has 73 heavy (non-hydrogen) atoms. The number of rotatable bonds is 53. The van der Waals surface area contributed by atoms with E-state index in [-0.39, 0.29) is 13.0 Å². The summed E-state index contributed by atoms with van der Waals surface area (Å²) in [4.78, 5) is 26.5. The van der Waals surface area contributed by atoms with E-state index in [0.717, 1.165) is 70.6 Å². The number of ether oxygens (including phenoxy) is 3. The molecule has 430 valence electrons. The summed E-state index contributed by atoms with van der Waals surface area (Å²) in [5.41, 5.74) is 0. The molecule has 0 bridgehead atoms. The van der Waals surface area contributed by atoms with Gasteiger partial charge in [-0.05, 0) is 51.4 Å². The lowest BCUT2D eigenvalue weighted by Crippen LogP contribution is -2.61. The van der Waals surface area contributed by atoms with Gasteiger partial charge < -0.3 is 45.1 Å². The van der Waals surface area contributed by atoms with Gasteiger partial charge in [0.1, 0.15) is 24.4 Å². The van der Waals surface area contributed by atoms with Gasteiger partial charge in [-0.1, -0.05) is 263 Å². The van der Waals surface area contributed by atoms with Crippen LogP contribution in [0.4, 0.5) is 0 Å². The molecule has 8 unspecified atom stereocenters. The van der Waals surface area contributed by atoms with Gasteiger partial charge in [0, 0.05) is 6.42 Å². The minimum absolute atomic E-state index is 0.122. The van der Waals surface area contributed by atoms with Crippen LogP contribution >= 0.6 is 0 Å². The molecule has 11 heteroatoms. The van der Waals surface area contributed by atoms with Crippen LogP contribution in [0, 0.1) is 0 Å². The SMILES string of the molecule is CCCCCCCC/C=C/CCCCCCCCCC(=O)OC1C(OCC(NC(=O)C(O)CCCCCCCCCCCCCCCC)C(O)/C=C/CCCCCCCCCCCCC)OC(CO)C(O)C1O. The van der Waals surface area contributed by atoms with Gasteiger partial charge in [0.05, 0.1) is 25.4 Å². The first kappa shape index (κ1) is 69.2. The van der Waals surface area contributed by atoms with Crippen LogP contribution in [0.5, 0.6) is 0 Å². The van der Waals surface area contributed by atoms with Crippen molar-refractivity contribution in [2.75, 3.05) is 13.2 Å². The number of allylic oxidation sites excluding steroid dienone is 3. The zero-order valence-electron chi connectivity index (χ0n) is 47.5. The number of esters is 1. The molecule has 0 saturated carbocycles. The second kappa shape index (κ2) is 50.9. The summed E-state index contributed by atoms with van der Waals surface area (Å²) in [5, 5.41) is 57.0. The Morgan fingerprint density at radius 1 is 0.521 bits per heavy atom. The van der Waals surface area contributed by atoms with Crippen LogP contribution in [0.3, 0.4) is 0 Å². The lowest BCUT2D eigenvalue weighted by molar-refractivity contribution is -0.305. The molecule has 1 aliphatic rings. The zero-order chi connectivity index (χ0) is 53.3. The number of carbonyl (C=O) groups is 2. The molecule has 6 N–H and O–H groups in total. The molecular weight excluding hydrogens is 919 g/mol. The van der Waals surface area contributed by atoms with Crippen molar-refractivity contribution in [3.05, 3.63) is 24.3 Å². The first-order valence-corrected chi connectivity index (χ1v) is 31.1. The first-order chi connectivity index (χ1) is 35.7. The number of aliphatic hydroxyl groups is 5. The summed E-state index contributed by atoms with van der Waals surface area (Å²) in [7, 11) is 0. The molecule has 1 rings (SSSR count). The summed E-state index contributed by atoms with van der Waals surface area (Å²) in [6.45, 7) is 5.81. The number of hydrogen-bond donors (Lipinski definition) is 6. The quantitative estimate of drug-likeness (QED) is 0.0195. The van der Waals surface area contributed by atoms with Crippen LogP contribution in [0.1, 0.15) is 297 Å². The Hall–Kier alpha value is -1.86. The molecule has 1 fully saturated rings. The maximum Gasteiger partial charge on any atom is 0.306 e. The highest BCUT2D eigenvalue weighted by Gasteiger charge is 2.47. The molecule has 0 aromatic carbocycles. The molecule has 0 aromatic rings. The Morgan fingerprint density at radius 2 is 0.904 bits per heavy atom. The summed E-state index contributed by atoms with van der Waals surface area (Å²) in [6, 6.07) is -1.02. The molecule has 1 heterocycles. The van der Waals surface area contributed by atoms with Gasteiger partial charge in [-0.2, -0.15) is 0 Å². The highest BCUT2D eigenvalue weighted by molar-refractivity contribution is 5.80. The summed E-state index contributed by atoms with van der Waals surface area (Å²) in [5.74, 6) is -1.19. The number of carbonyl (C=O) groups excluding carboxylic acids is 2. The number of hydrogen-bond acceptors (Lipinski definition) is 10. The summed E-state index contributed by atoms with van der Waals surface area (Å²) >= 11 is 0. The van der Waals surface area contributed by atoms with Crippen molar-refractivity contribution in [2.45, 2.75) is 346 Å². The predicted molar refractivity (Wildman–Crippen MR) is 301 cm³/mol. The van der Waals surface area contributed by atoms with Gasteiger partial charge in [0.2, 0.25) is 5.91 Å². The van der Waals surface area contributed by atoms with Gasteiger partial charge in [0.15, 0.2) is 12.4 Å². The fraction of sp³-hybridized carbons (Fsp3) is 0.903. The third-order valence-corrected chi connectivity index (χ3v) is 14.9. The number of unbranched alkanes of at least 4 members (excludes halogenated alkanes) is 37. The number of amides is 1. The van der Waals surface area contributed by atoms with Crippen molar-refractivity contribution < 1.29 is 49.3 Å². The first-order valence-electron chi connectivity index (χ1n) is 31.1. The van der Waals surface area contributed by atoms with Gasteiger partial charge in [-0.25, -0.2) is 0 Å². The maximum atomic E-state index is 13.4. The molecular formula is C62H117NO10. The molecule has 0 spiro atoms. The van der Waals surface area contributed by atoms with E-state index in [0.29, 0.717) is 19.3 Å². The average molecular weight is 1040 g/mol. The van der Waals surface area contributed by atoms with E-state index in [9.17, 15) is 35.1 Å². The van der Waals surface area contributed by atoms with Crippen LogP contribution in [-0.4, -0.2) is 99.6 Å². The predicted octanol–water partition coefficient (Wildman–Crippen LogP) is 14.5. The van der Waals surface area contributed by atoms with Crippen molar-refractivity contribution >= 4 is 11.9 Å².